The minimum atomic E-state index is -5.05. The summed E-state index contributed by atoms with van der Waals surface area (Å²) in [7, 11) is -3.88. The number of phenolic OH excluding ortho intramolecular Hbond substituents is 1. The van der Waals surface area contributed by atoms with Crippen LogP contribution in [0.1, 0.15) is 17.4 Å². The average molecular weight is 457 g/mol. The molecule has 13 heteroatoms. The lowest BCUT2D eigenvalue weighted by Gasteiger charge is -2.14. The number of hydrogen-bond acceptors (Lipinski definition) is 6. The first-order valence-electron chi connectivity index (χ1n) is 7.39. The minimum absolute atomic E-state index is 0.198. The van der Waals surface area contributed by atoms with Crippen molar-refractivity contribution in [2.24, 2.45) is 0 Å². The number of nitrogens with zero attached hydrogens (tertiary/aromatic N) is 1. The second-order valence-corrected chi connectivity index (χ2v) is 9.34. The normalized spacial score (nSPS) is 13.2. The first-order valence-corrected chi connectivity index (χ1v) is 10.6. The Labute approximate surface area is 165 Å². The van der Waals surface area contributed by atoms with E-state index in [1.165, 1.54) is 6.92 Å². The van der Waals surface area contributed by atoms with E-state index < -0.39 is 59.4 Å². The molecule has 1 unspecified atom stereocenters. The van der Waals surface area contributed by atoms with Crippen LogP contribution in [-0.2, 0) is 21.0 Å². The maximum Gasteiger partial charge on any atom is 0.578 e. The number of hydrogen-bond donors (Lipinski definition) is 2. The van der Waals surface area contributed by atoms with Gasteiger partial charge in [0.15, 0.2) is 14.7 Å². The van der Waals surface area contributed by atoms with E-state index in [1.54, 1.807) is 0 Å². The second kappa shape index (κ2) is 8.15. The summed E-state index contributed by atoms with van der Waals surface area (Å²) in [5.41, 5.74) is -6.16. The molecule has 1 heterocycles. The van der Waals surface area contributed by atoms with Crippen LogP contribution in [0.2, 0.25) is 5.15 Å². The highest BCUT2D eigenvalue weighted by Gasteiger charge is 2.46. The fraction of sp³-hybridized carbons (Fsp3) is 0.200. The van der Waals surface area contributed by atoms with Gasteiger partial charge in [-0.15, -0.1) is 13.2 Å². The van der Waals surface area contributed by atoms with Crippen molar-refractivity contribution in [2.45, 2.75) is 22.2 Å². The summed E-state index contributed by atoms with van der Waals surface area (Å²) < 4.78 is 73.6. The van der Waals surface area contributed by atoms with Crippen molar-refractivity contribution in [1.29, 1.82) is 0 Å². The van der Waals surface area contributed by atoms with Crippen LogP contribution in [0.25, 0.3) is 0 Å². The first kappa shape index (κ1) is 22.3. The van der Waals surface area contributed by atoms with Crippen LogP contribution in [-0.4, -0.2) is 40.2 Å². The molecule has 1 atom stereocenters. The van der Waals surface area contributed by atoms with Gasteiger partial charge in [-0.3, -0.25) is 4.79 Å². The molecule has 2 rings (SSSR count). The van der Waals surface area contributed by atoms with E-state index >= 15 is 0 Å². The second-order valence-electron chi connectivity index (χ2n) is 5.23. The average Bonchev–Trinajstić information content (AvgIpc) is 2.61. The molecule has 0 bridgehead atoms. The highest BCUT2D eigenvalue weighted by Crippen LogP contribution is 2.34. The summed E-state index contributed by atoms with van der Waals surface area (Å²) in [4.78, 5) is 15.0. The van der Waals surface area contributed by atoms with Gasteiger partial charge < -0.3 is 15.0 Å². The van der Waals surface area contributed by atoms with E-state index in [0.29, 0.717) is 6.07 Å². The monoisotopic (exact) mass is 456 g/mol. The standard InChI is InChI=1S/C15H12ClF3N2O5S2/c1-2-28(25,26)11-5-6-12(16)21-13(11)14(23)20-9-7-8(3-4-10(9)22)27(24)15(17,18)19/h3-7,22H,2H2,1H3,(H,20,23). The first-order chi connectivity index (χ1) is 12.9. The summed E-state index contributed by atoms with van der Waals surface area (Å²) in [6.45, 7) is 1.34. The molecule has 0 aliphatic heterocycles. The number of alkyl halides is 3. The molecule has 152 valence electrons. The number of amides is 1. The van der Waals surface area contributed by atoms with Crippen LogP contribution in [0, 0.1) is 0 Å². The summed E-state index contributed by atoms with van der Waals surface area (Å²) in [5.74, 6) is -2.11. The van der Waals surface area contributed by atoms with Crippen LogP contribution in [0.15, 0.2) is 40.1 Å². The van der Waals surface area contributed by atoms with Gasteiger partial charge >= 0.3 is 5.51 Å². The number of carbonyl (C=O) groups is 1. The molecule has 1 aromatic carbocycles. The molecule has 28 heavy (non-hydrogen) atoms. The minimum Gasteiger partial charge on any atom is -0.604 e. The van der Waals surface area contributed by atoms with E-state index in [9.17, 15) is 36.0 Å². The smallest absolute Gasteiger partial charge is 0.578 e. The number of halogens is 4. The molecule has 2 N–H and O–H groups in total. The number of phenols is 1. The van der Waals surface area contributed by atoms with E-state index in [2.05, 4.69) is 10.3 Å². The SMILES string of the molecule is CCS(=O)(=O)c1ccc(Cl)nc1C(=O)Nc1cc([S+]([O-])C(F)(F)F)ccc1O. The van der Waals surface area contributed by atoms with Crippen LogP contribution in [0.5, 0.6) is 5.75 Å². The molecule has 2 aromatic rings. The number of sulfone groups is 1. The zero-order chi connectivity index (χ0) is 21.3. The number of aromatic hydroxyl groups is 1. The zero-order valence-corrected chi connectivity index (χ0v) is 16.3. The Bertz CT molecular complexity index is 1020. The van der Waals surface area contributed by atoms with Gasteiger partial charge in [0.1, 0.15) is 16.6 Å². The number of carbonyl (C=O) groups excluding carboxylic acids is 1. The quantitative estimate of drug-likeness (QED) is 0.405. The van der Waals surface area contributed by atoms with Gasteiger partial charge in [0.05, 0.1) is 27.5 Å². The molecular formula is C15H12ClF3N2O5S2. The molecule has 0 fully saturated rings. The Morgan fingerprint density at radius 2 is 1.96 bits per heavy atom. The van der Waals surface area contributed by atoms with E-state index in [4.69, 9.17) is 11.6 Å². The lowest BCUT2D eigenvalue weighted by atomic mass is 10.2. The zero-order valence-electron chi connectivity index (χ0n) is 13.9. The molecular weight excluding hydrogens is 445 g/mol. The van der Waals surface area contributed by atoms with Crippen molar-refractivity contribution >= 4 is 44.2 Å². The molecule has 0 saturated heterocycles. The molecule has 1 aromatic heterocycles. The van der Waals surface area contributed by atoms with Crippen molar-refractivity contribution in [3.05, 3.63) is 41.2 Å². The number of rotatable bonds is 5. The lowest BCUT2D eigenvalue weighted by Crippen LogP contribution is -2.23. The highest BCUT2D eigenvalue weighted by molar-refractivity contribution is 7.92. The van der Waals surface area contributed by atoms with Crippen LogP contribution in [0.3, 0.4) is 0 Å². The lowest BCUT2D eigenvalue weighted by molar-refractivity contribution is -0.0435. The molecule has 1 amide bonds. The van der Waals surface area contributed by atoms with Crippen LogP contribution < -0.4 is 5.32 Å². The predicted octanol–water partition coefficient (Wildman–Crippen LogP) is 3.11. The van der Waals surface area contributed by atoms with Gasteiger partial charge in [-0.25, -0.2) is 13.4 Å². The van der Waals surface area contributed by atoms with Gasteiger partial charge in [-0.05, 0) is 24.3 Å². The third-order valence-corrected chi connectivity index (χ3v) is 6.47. The molecule has 0 aliphatic rings. The fourth-order valence-corrected chi connectivity index (χ4v) is 3.89. The molecule has 0 radical (unpaired) electrons. The fourth-order valence-electron chi connectivity index (χ4n) is 2.04. The maximum absolute atomic E-state index is 12.6. The molecule has 0 spiro atoms. The Kier molecular flexibility index (Phi) is 6.48. The van der Waals surface area contributed by atoms with Crippen molar-refractivity contribution in [1.82, 2.24) is 4.98 Å². The van der Waals surface area contributed by atoms with Gasteiger partial charge in [-0.1, -0.05) is 18.5 Å². The molecule has 7 nitrogen and oxygen atoms in total. The summed E-state index contributed by atoms with van der Waals surface area (Å²) in [6, 6.07) is 4.47. The van der Waals surface area contributed by atoms with Gasteiger partial charge in [0, 0.05) is 6.07 Å². The number of anilines is 1. The Morgan fingerprint density at radius 3 is 2.54 bits per heavy atom. The number of nitrogens with one attached hydrogen (secondary N) is 1. The largest absolute Gasteiger partial charge is 0.604 e. The van der Waals surface area contributed by atoms with Crippen molar-refractivity contribution in [2.75, 3.05) is 11.1 Å². The third-order valence-electron chi connectivity index (χ3n) is 3.39. The number of pyridine rings is 1. The highest BCUT2D eigenvalue weighted by atomic mass is 35.5. The summed E-state index contributed by atoms with van der Waals surface area (Å²) in [6.07, 6.45) is 0. The van der Waals surface area contributed by atoms with Gasteiger partial charge in [0.2, 0.25) is 0 Å². The Balaban J connectivity index is 2.45. The van der Waals surface area contributed by atoms with E-state index in [0.717, 1.165) is 24.3 Å². The summed E-state index contributed by atoms with van der Waals surface area (Å²) in [5, 5.41) is 11.6. The number of benzene rings is 1. The van der Waals surface area contributed by atoms with E-state index in [1.807, 2.05) is 0 Å². The molecule has 0 aliphatic carbocycles. The van der Waals surface area contributed by atoms with Gasteiger partial charge in [0.25, 0.3) is 5.91 Å². The van der Waals surface area contributed by atoms with Gasteiger partial charge in [-0.2, -0.15) is 0 Å². The number of aromatic nitrogens is 1. The van der Waals surface area contributed by atoms with Crippen molar-refractivity contribution in [3.63, 3.8) is 0 Å². The van der Waals surface area contributed by atoms with Crippen LogP contribution in [0.4, 0.5) is 18.9 Å². The third kappa shape index (κ3) is 4.87. The topological polar surface area (TPSA) is 119 Å². The predicted molar refractivity (Wildman–Crippen MR) is 95.5 cm³/mol. The molecule has 0 saturated carbocycles. The summed E-state index contributed by atoms with van der Waals surface area (Å²) >= 11 is 2.31. The van der Waals surface area contributed by atoms with Crippen molar-refractivity contribution < 1.29 is 36.0 Å². The van der Waals surface area contributed by atoms with Crippen molar-refractivity contribution in [3.8, 4) is 5.75 Å². The van der Waals surface area contributed by atoms with Crippen LogP contribution >= 0.6 is 11.6 Å². The maximum atomic E-state index is 12.6. The van der Waals surface area contributed by atoms with E-state index in [-0.39, 0.29) is 10.9 Å². The Morgan fingerprint density at radius 1 is 1.32 bits per heavy atom. The Hall–Kier alpha value is -2.02.